The van der Waals surface area contributed by atoms with Gasteiger partial charge in [0.1, 0.15) is 12.1 Å². The van der Waals surface area contributed by atoms with E-state index in [4.69, 9.17) is 13.6 Å². The van der Waals surface area contributed by atoms with Crippen molar-refractivity contribution in [1.29, 1.82) is 5.26 Å². The summed E-state index contributed by atoms with van der Waals surface area (Å²) in [5, 5.41) is 17.8. The second-order valence-corrected chi connectivity index (χ2v) is 25.1. The Morgan fingerprint density at radius 1 is 0.844 bits per heavy atom. The van der Waals surface area contributed by atoms with Crippen LogP contribution in [0, 0.1) is 36.0 Å². The fraction of sp³-hybridized carbons (Fsp3) is 0.464. The van der Waals surface area contributed by atoms with Crippen molar-refractivity contribution in [3.63, 3.8) is 0 Å². The molecule has 5 aromatic rings. The van der Waals surface area contributed by atoms with Gasteiger partial charge in [0.05, 0.1) is 37.1 Å². The van der Waals surface area contributed by atoms with Crippen molar-refractivity contribution in [2.75, 3.05) is 50.9 Å². The maximum absolute atomic E-state index is 16.8. The predicted octanol–water partition coefficient (Wildman–Crippen LogP) is 9.95. The first-order valence-corrected chi connectivity index (χ1v) is 29.4. The number of thioether (sulfide) groups is 2. The van der Waals surface area contributed by atoms with Crippen LogP contribution >= 0.6 is 31.1 Å². The zero-order chi connectivity index (χ0) is 55.2. The van der Waals surface area contributed by atoms with Crippen LogP contribution in [0.5, 0.6) is 0 Å². The summed E-state index contributed by atoms with van der Waals surface area (Å²) in [5.41, 5.74) is -2.83. The van der Waals surface area contributed by atoms with Gasteiger partial charge >= 0.3 is 13.3 Å². The Labute approximate surface area is 454 Å². The Balaban J connectivity index is 1.06. The lowest BCUT2D eigenvalue weighted by Gasteiger charge is -2.39. The van der Waals surface area contributed by atoms with Crippen LogP contribution in [0.25, 0.3) is 21.7 Å². The van der Waals surface area contributed by atoms with Crippen LogP contribution in [0.15, 0.2) is 89.5 Å². The maximum atomic E-state index is 16.8. The number of nitrogens with zero attached hydrogens (tertiary/aromatic N) is 5. The van der Waals surface area contributed by atoms with Crippen molar-refractivity contribution >= 4 is 86.7 Å². The zero-order valence-electron chi connectivity index (χ0n) is 43.7. The molecule has 3 aliphatic rings. The van der Waals surface area contributed by atoms with Gasteiger partial charge in [-0.1, -0.05) is 117 Å². The van der Waals surface area contributed by atoms with Crippen LogP contribution < -0.4 is 5.32 Å². The molecule has 4 heterocycles. The highest BCUT2D eigenvalue weighted by Crippen LogP contribution is 2.67. The number of hydrogen-bond acceptors (Lipinski definition) is 14. The lowest BCUT2D eigenvalue weighted by molar-refractivity contribution is -0.147. The first-order valence-electron chi connectivity index (χ1n) is 25.9. The highest BCUT2D eigenvalue weighted by Gasteiger charge is 2.55. The van der Waals surface area contributed by atoms with E-state index in [2.05, 4.69) is 16.5 Å². The Bertz CT molecular complexity index is 3080. The molecule has 3 fully saturated rings. The Morgan fingerprint density at radius 3 is 2.18 bits per heavy atom. The van der Waals surface area contributed by atoms with Gasteiger partial charge in [0.25, 0.3) is 11.8 Å². The predicted molar refractivity (Wildman–Crippen MR) is 290 cm³/mol. The Hall–Kier alpha value is -5.97. The molecule has 0 spiro atoms. The van der Waals surface area contributed by atoms with E-state index in [-0.39, 0.29) is 101 Å². The van der Waals surface area contributed by atoms with E-state index in [1.54, 1.807) is 17.0 Å². The second kappa shape index (κ2) is 24.8. The monoisotopic (exact) mass is 1110 g/mol. The first-order chi connectivity index (χ1) is 36.8. The molecule has 4 aromatic carbocycles. The summed E-state index contributed by atoms with van der Waals surface area (Å²) in [6.45, 7) is 8.60. The molecule has 16 nitrogen and oxygen atoms in total. The number of aryl methyl sites for hydroxylation is 1. The number of aromatic nitrogens is 1. The molecule has 77 heavy (non-hydrogen) atoms. The molecule has 408 valence electrons. The minimum absolute atomic E-state index is 0.0286. The van der Waals surface area contributed by atoms with E-state index in [0.717, 1.165) is 46.8 Å². The molecule has 8 rings (SSSR count). The van der Waals surface area contributed by atoms with Crippen molar-refractivity contribution < 1.29 is 55.7 Å². The number of nitrogens with one attached hydrogen (secondary N) is 1. The van der Waals surface area contributed by atoms with Gasteiger partial charge in [-0.3, -0.25) is 33.3 Å². The van der Waals surface area contributed by atoms with Gasteiger partial charge in [0.15, 0.2) is 21.5 Å². The van der Waals surface area contributed by atoms with Crippen LogP contribution in [0.1, 0.15) is 103 Å². The molecule has 1 N–H and O–H groups in total. The topological polar surface area (TPSA) is 210 Å². The van der Waals surface area contributed by atoms with Gasteiger partial charge in [-0.05, 0) is 84.7 Å². The number of carbonyl (C=O) groups excluding carboxylic acids is 6. The molecular weight excluding hydrogens is 1050 g/mol. The SMILES string of the molecule is Cc1ccc2onc(C(=O)N3CC[C@H]4CC[C@@H](C(=O)N5C[C@@H](C#N)[C@H](c6ccccc6)C5)N4C(=O)[C@@H](NC(=O)c4ccc5ccc(C(F)(F)P(=O)(OCCSC(=O)CC(C)C)OCCSC(=O)CC(C)C)cc5c4)C3)c2c1. The van der Waals surface area contributed by atoms with E-state index in [9.17, 15) is 33.8 Å². The Kier molecular flexibility index (Phi) is 18.4. The quantitative estimate of drug-likeness (QED) is 0.0603. The highest BCUT2D eigenvalue weighted by molar-refractivity contribution is 8.13. The third-order valence-electron chi connectivity index (χ3n) is 14.1. The minimum Gasteiger partial charge on any atom is -0.355 e. The van der Waals surface area contributed by atoms with E-state index in [1.807, 2.05) is 71.0 Å². The maximum Gasteiger partial charge on any atom is 0.404 e. The van der Waals surface area contributed by atoms with Crippen LogP contribution in [-0.4, -0.2) is 123 Å². The smallest absolute Gasteiger partial charge is 0.355 e. The van der Waals surface area contributed by atoms with Gasteiger partial charge in [-0.25, -0.2) is 0 Å². The molecule has 3 aliphatic heterocycles. The van der Waals surface area contributed by atoms with Gasteiger partial charge < -0.3 is 33.6 Å². The number of hydrogen-bond donors (Lipinski definition) is 1. The van der Waals surface area contributed by atoms with Crippen molar-refractivity contribution in [1.82, 2.24) is 25.2 Å². The number of likely N-dealkylation sites (tertiary alicyclic amines) is 1. The number of carbonyl (C=O) groups is 6. The zero-order valence-corrected chi connectivity index (χ0v) is 46.2. The van der Waals surface area contributed by atoms with Gasteiger partial charge in [0.2, 0.25) is 11.8 Å². The fourth-order valence-electron chi connectivity index (χ4n) is 10.2. The summed E-state index contributed by atoms with van der Waals surface area (Å²) < 4.78 is 64.2. The summed E-state index contributed by atoms with van der Waals surface area (Å²) >= 11 is 1.75. The molecular formula is C56H63F2N6O10PS2. The van der Waals surface area contributed by atoms with Crippen LogP contribution in [0.2, 0.25) is 0 Å². The van der Waals surface area contributed by atoms with Gasteiger partial charge in [-0.15, -0.1) is 0 Å². The highest BCUT2D eigenvalue weighted by atomic mass is 32.2. The lowest BCUT2D eigenvalue weighted by Crippen LogP contribution is -2.61. The van der Waals surface area contributed by atoms with Crippen molar-refractivity contribution in [3.05, 3.63) is 113 Å². The first kappa shape index (κ1) is 57.2. The number of alkyl halides is 2. The summed E-state index contributed by atoms with van der Waals surface area (Å²) in [6, 6.07) is 22.2. The summed E-state index contributed by atoms with van der Waals surface area (Å²) in [7, 11) is -5.35. The molecule has 0 unspecified atom stereocenters. The third kappa shape index (κ3) is 13.1. The summed E-state index contributed by atoms with van der Waals surface area (Å²) in [4.78, 5) is 88.0. The fourth-order valence-corrected chi connectivity index (χ4v) is 13.7. The molecule has 0 radical (unpaired) electrons. The van der Waals surface area contributed by atoms with E-state index in [0.29, 0.717) is 35.6 Å². The molecule has 1 aromatic heterocycles. The average molecular weight is 1110 g/mol. The minimum atomic E-state index is -5.35. The second-order valence-electron chi connectivity index (χ2n) is 20.7. The number of amides is 4. The average Bonchev–Trinajstić information content (AvgIpc) is 4.18. The Morgan fingerprint density at radius 2 is 1.52 bits per heavy atom. The van der Waals surface area contributed by atoms with Crippen molar-refractivity contribution in [3.8, 4) is 6.07 Å². The van der Waals surface area contributed by atoms with Crippen molar-refractivity contribution in [2.45, 2.75) is 96.4 Å². The lowest BCUT2D eigenvalue weighted by atomic mass is 9.90. The van der Waals surface area contributed by atoms with E-state index >= 15 is 13.6 Å². The molecule has 0 saturated carbocycles. The van der Waals surface area contributed by atoms with Crippen LogP contribution in [-0.2, 0) is 38.5 Å². The number of benzene rings is 4. The standard InChI is InChI=1S/C56H63F2N6O10PS2/c1-34(2)25-49(65)76-23-21-72-75(71,73-22-24-77-50(66)26-35(3)4)56(57,58)42-15-14-37-12-13-39(28-40(37)29-42)52(67)60-46-33-62(55(70)51-44-27-36(5)11-18-48(44)74-61-51)20-19-43-16-17-47(64(43)53(46)68)54(69)63-31-41(30-59)45(32-63)38-9-7-6-8-10-38/h6-15,18,27-29,34-35,41,43,45-47H,16-17,19-26,31-33H2,1-5H3,(H,60,67)/t41-,43-,45+,46+,47+/m1/s1. The summed E-state index contributed by atoms with van der Waals surface area (Å²) in [6.07, 6.45) is 1.58. The number of halogens is 2. The van der Waals surface area contributed by atoms with Crippen molar-refractivity contribution in [2.24, 2.45) is 17.8 Å². The van der Waals surface area contributed by atoms with E-state index in [1.165, 1.54) is 34.1 Å². The third-order valence-corrected chi connectivity index (χ3v) is 17.8. The molecule has 0 aliphatic carbocycles. The van der Waals surface area contributed by atoms with Crippen LogP contribution in [0.3, 0.4) is 0 Å². The van der Waals surface area contributed by atoms with Gasteiger partial charge in [0, 0.05) is 67.1 Å². The molecule has 0 bridgehead atoms. The number of rotatable bonds is 19. The van der Waals surface area contributed by atoms with Crippen LogP contribution in [0.4, 0.5) is 8.78 Å². The molecule has 5 atom stereocenters. The van der Waals surface area contributed by atoms with Gasteiger partial charge in [-0.2, -0.15) is 14.0 Å². The number of nitriles is 1. The number of fused-ring (bicyclic) bond motifs is 3. The summed E-state index contributed by atoms with van der Waals surface area (Å²) in [5.74, 6) is -2.91. The molecule has 21 heteroatoms. The largest absolute Gasteiger partial charge is 0.404 e. The normalized spacial score (nSPS) is 20.1. The molecule has 4 amide bonds. The molecule has 3 saturated heterocycles. The van der Waals surface area contributed by atoms with E-state index < -0.39 is 73.8 Å².